The molecule has 1 N–H and O–H groups in total. The average molecular weight is 377 g/mol. The lowest BCUT2D eigenvalue weighted by Gasteiger charge is -2.16. The van der Waals surface area contributed by atoms with E-state index in [1.807, 2.05) is 0 Å². The van der Waals surface area contributed by atoms with E-state index in [2.05, 4.69) is 63.2 Å². The van der Waals surface area contributed by atoms with Crippen molar-refractivity contribution in [1.29, 1.82) is 0 Å². The number of rotatable bonds is 6. The SMILES string of the molecule is CCC(C)Oc1c(Br)cc(CNC2CC2)cc1Br. The zero-order valence-electron chi connectivity index (χ0n) is 10.8. The third kappa shape index (κ3) is 3.97. The molecule has 1 aromatic carbocycles. The van der Waals surface area contributed by atoms with Crippen LogP contribution in [0.3, 0.4) is 0 Å². The van der Waals surface area contributed by atoms with Crippen molar-refractivity contribution in [2.24, 2.45) is 0 Å². The van der Waals surface area contributed by atoms with E-state index in [0.717, 1.165) is 33.7 Å². The van der Waals surface area contributed by atoms with E-state index in [4.69, 9.17) is 4.74 Å². The van der Waals surface area contributed by atoms with Gasteiger partial charge in [0.05, 0.1) is 15.0 Å². The van der Waals surface area contributed by atoms with Crippen LogP contribution in [0.15, 0.2) is 21.1 Å². The molecule has 1 unspecified atom stereocenters. The van der Waals surface area contributed by atoms with E-state index in [1.54, 1.807) is 0 Å². The molecule has 1 aromatic rings. The lowest BCUT2D eigenvalue weighted by Crippen LogP contribution is -2.15. The molecule has 0 aliphatic heterocycles. The third-order valence-corrected chi connectivity index (χ3v) is 4.30. The van der Waals surface area contributed by atoms with Crippen molar-refractivity contribution >= 4 is 31.9 Å². The summed E-state index contributed by atoms with van der Waals surface area (Å²) in [6.45, 7) is 5.13. The lowest BCUT2D eigenvalue weighted by atomic mass is 10.2. The molecule has 1 saturated carbocycles. The second kappa shape index (κ2) is 6.40. The molecule has 4 heteroatoms. The molecule has 18 heavy (non-hydrogen) atoms. The van der Waals surface area contributed by atoms with Crippen LogP contribution in [0.25, 0.3) is 0 Å². The maximum Gasteiger partial charge on any atom is 0.148 e. The lowest BCUT2D eigenvalue weighted by molar-refractivity contribution is 0.214. The highest BCUT2D eigenvalue weighted by Crippen LogP contribution is 2.36. The van der Waals surface area contributed by atoms with Gasteiger partial charge in [-0.25, -0.2) is 0 Å². The van der Waals surface area contributed by atoms with Gasteiger partial charge in [0.1, 0.15) is 5.75 Å². The van der Waals surface area contributed by atoms with E-state index in [-0.39, 0.29) is 6.10 Å². The van der Waals surface area contributed by atoms with Crippen molar-refractivity contribution in [3.05, 3.63) is 26.6 Å². The average Bonchev–Trinajstić information content (AvgIpc) is 3.15. The molecule has 0 aromatic heterocycles. The van der Waals surface area contributed by atoms with E-state index in [0.29, 0.717) is 0 Å². The Morgan fingerprint density at radius 2 is 1.94 bits per heavy atom. The van der Waals surface area contributed by atoms with Crippen LogP contribution in [0, 0.1) is 0 Å². The molecule has 2 nitrogen and oxygen atoms in total. The van der Waals surface area contributed by atoms with E-state index < -0.39 is 0 Å². The van der Waals surface area contributed by atoms with Crippen LogP contribution in [0.5, 0.6) is 5.75 Å². The zero-order chi connectivity index (χ0) is 13.1. The Balaban J connectivity index is 2.06. The monoisotopic (exact) mass is 375 g/mol. The van der Waals surface area contributed by atoms with Crippen molar-refractivity contribution in [3.63, 3.8) is 0 Å². The van der Waals surface area contributed by atoms with Crippen LogP contribution in [0.4, 0.5) is 0 Å². The first-order chi connectivity index (χ1) is 8.60. The molecule has 1 fully saturated rings. The maximum absolute atomic E-state index is 5.90. The summed E-state index contributed by atoms with van der Waals surface area (Å²) in [4.78, 5) is 0. The van der Waals surface area contributed by atoms with Crippen molar-refractivity contribution in [2.45, 2.75) is 51.8 Å². The number of hydrogen-bond acceptors (Lipinski definition) is 2. The van der Waals surface area contributed by atoms with E-state index in [9.17, 15) is 0 Å². The third-order valence-electron chi connectivity index (χ3n) is 3.12. The van der Waals surface area contributed by atoms with Crippen molar-refractivity contribution in [1.82, 2.24) is 5.32 Å². The second-order valence-electron chi connectivity index (χ2n) is 4.88. The fourth-order valence-corrected chi connectivity index (χ4v) is 3.13. The Morgan fingerprint density at radius 3 is 2.44 bits per heavy atom. The van der Waals surface area contributed by atoms with Crippen LogP contribution in [-0.4, -0.2) is 12.1 Å². The Bertz CT molecular complexity index is 395. The summed E-state index contributed by atoms with van der Waals surface area (Å²) < 4.78 is 7.94. The summed E-state index contributed by atoms with van der Waals surface area (Å²) in [5.74, 6) is 0.902. The fraction of sp³-hybridized carbons (Fsp3) is 0.571. The van der Waals surface area contributed by atoms with Crippen molar-refractivity contribution in [2.75, 3.05) is 0 Å². The van der Waals surface area contributed by atoms with Gasteiger partial charge in [-0.15, -0.1) is 0 Å². The standard InChI is InChI=1S/C14H19Br2NO/c1-3-9(2)18-14-12(15)6-10(7-13(14)16)8-17-11-4-5-11/h6-7,9,11,17H,3-5,8H2,1-2H3. The number of halogens is 2. The van der Waals surface area contributed by atoms with Crippen molar-refractivity contribution < 1.29 is 4.74 Å². The quantitative estimate of drug-likeness (QED) is 0.780. The maximum atomic E-state index is 5.90. The summed E-state index contributed by atoms with van der Waals surface area (Å²) in [6.07, 6.45) is 3.87. The van der Waals surface area contributed by atoms with Crippen LogP contribution >= 0.6 is 31.9 Å². The van der Waals surface area contributed by atoms with Crippen LogP contribution in [0.2, 0.25) is 0 Å². The Labute approximate surface area is 126 Å². The van der Waals surface area contributed by atoms with Gasteiger partial charge in [-0.05, 0) is 75.7 Å². The number of ether oxygens (including phenoxy) is 1. The number of nitrogens with one attached hydrogen (secondary N) is 1. The molecule has 0 saturated heterocycles. The molecule has 100 valence electrons. The van der Waals surface area contributed by atoms with Gasteiger partial charge in [-0.3, -0.25) is 0 Å². The molecule has 0 amide bonds. The van der Waals surface area contributed by atoms with Gasteiger partial charge >= 0.3 is 0 Å². The first kappa shape index (κ1) is 14.4. The summed E-state index contributed by atoms with van der Waals surface area (Å²) in [7, 11) is 0. The van der Waals surface area contributed by atoms with Gasteiger partial charge < -0.3 is 10.1 Å². The largest absolute Gasteiger partial charge is 0.488 e. The van der Waals surface area contributed by atoms with E-state index in [1.165, 1.54) is 18.4 Å². The first-order valence-corrected chi connectivity index (χ1v) is 8.06. The fourth-order valence-electron chi connectivity index (χ4n) is 1.66. The minimum absolute atomic E-state index is 0.230. The molecular weight excluding hydrogens is 358 g/mol. The minimum Gasteiger partial charge on any atom is -0.488 e. The molecule has 0 spiro atoms. The summed E-state index contributed by atoms with van der Waals surface area (Å²) in [5, 5.41) is 3.52. The van der Waals surface area contributed by atoms with Gasteiger partial charge in [-0.2, -0.15) is 0 Å². The summed E-state index contributed by atoms with van der Waals surface area (Å²) in [6, 6.07) is 5.01. The second-order valence-corrected chi connectivity index (χ2v) is 6.59. The molecule has 1 aliphatic carbocycles. The van der Waals surface area contributed by atoms with E-state index >= 15 is 0 Å². The predicted molar refractivity (Wildman–Crippen MR) is 82.1 cm³/mol. The van der Waals surface area contributed by atoms with Gasteiger partial charge in [0.25, 0.3) is 0 Å². The van der Waals surface area contributed by atoms with Gasteiger partial charge in [0, 0.05) is 12.6 Å². The van der Waals surface area contributed by atoms with Gasteiger partial charge in [0.2, 0.25) is 0 Å². The Morgan fingerprint density at radius 1 is 1.33 bits per heavy atom. The van der Waals surface area contributed by atoms with Crippen molar-refractivity contribution in [3.8, 4) is 5.75 Å². The number of hydrogen-bond donors (Lipinski definition) is 1. The highest BCUT2D eigenvalue weighted by atomic mass is 79.9. The molecule has 0 radical (unpaired) electrons. The Hall–Kier alpha value is -0.0600. The molecular formula is C14H19Br2NO. The van der Waals surface area contributed by atoms with Crippen LogP contribution < -0.4 is 10.1 Å². The normalized spacial score (nSPS) is 16.7. The smallest absolute Gasteiger partial charge is 0.148 e. The topological polar surface area (TPSA) is 21.3 Å². The van der Waals surface area contributed by atoms with Gasteiger partial charge in [-0.1, -0.05) is 6.92 Å². The molecule has 1 aliphatic rings. The highest BCUT2D eigenvalue weighted by molar-refractivity contribution is 9.11. The molecule has 0 bridgehead atoms. The summed E-state index contributed by atoms with van der Waals surface area (Å²) >= 11 is 7.19. The van der Waals surface area contributed by atoms with Crippen LogP contribution in [0.1, 0.15) is 38.7 Å². The predicted octanol–water partition coefficient (Wildman–Crippen LogP) is 4.64. The van der Waals surface area contributed by atoms with Crippen LogP contribution in [-0.2, 0) is 6.54 Å². The zero-order valence-corrected chi connectivity index (χ0v) is 14.0. The first-order valence-electron chi connectivity index (χ1n) is 6.48. The Kier molecular flexibility index (Phi) is 5.10. The van der Waals surface area contributed by atoms with Gasteiger partial charge in [0.15, 0.2) is 0 Å². The number of benzene rings is 1. The molecule has 1 atom stereocenters. The molecule has 2 rings (SSSR count). The minimum atomic E-state index is 0.230. The molecule has 0 heterocycles. The highest BCUT2D eigenvalue weighted by Gasteiger charge is 2.20. The summed E-state index contributed by atoms with van der Waals surface area (Å²) in [5.41, 5.74) is 1.28.